The van der Waals surface area contributed by atoms with Crippen molar-refractivity contribution >= 4 is 0 Å². The van der Waals surface area contributed by atoms with Crippen LogP contribution >= 0.6 is 0 Å². The van der Waals surface area contributed by atoms with Gasteiger partial charge in [0.1, 0.15) is 0 Å². The van der Waals surface area contributed by atoms with Gasteiger partial charge in [0.25, 0.3) is 0 Å². The summed E-state index contributed by atoms with van der Waals surface area (Å²) in [5, 5.41) is 6.73. The number of nitrogens with one attached hydrogen (secondary N) is 2. The van der Waals surface area contributed by atoms with Crippen LogP contribution in [0.15, 0.2) is 0 Å². The predicted octanol–water partition coefficient (Wildman–Crippen LogP) is -0.0122. The Morgan fingerprint density at radius 3 is 2.43 bits per heavy atom. The first-order valence-corrected chi connectivity index (χ1v) is 7.91. The molecular weight excluding hydrogens is 268 g/mol. The minimum absolute atomic E-state index is 0.165. The van der Waals surface area contributed by atoms with E-state index in [1.165, 1.54) is 0 Å². The van der Waals surface area contributed by atoms with Crippen LogP contribution in [0.1, 0.15) is 27.7 Å². The van der Waals surface area contributed by atoms with Crippen molar-refractivity contribution in [1.29, 1.82) is 0 Å². The quantitative estimate of drug-likeness (QED) is 0.466. The summed E-state index contributed by atoms with van der Waals surface area (Å²) in [7, 11) is 0. The minimum Gasteiger partial charge on any atom is -0.378 e. The second kappa shape index (κ2) is 9.02. The lowest BCUT2D eigenvalue weighted by molar-refractivity contribution is 0.0411. The van der Waals surface area contributed by atoms with Crippen molar-refractivity contribution in [3.63, 3.8) is 0 Å². The lowest BCUT2D eigenvalue weighted by atomic mass is 10.1. The van der Waals surface area contributed by atoms with Crippen LogP contribution in [0.5, 0.6) is 0 Å². The maximum atomic E-state index is 5.87. The van der Waals surface area contributed by atoms with E-state index in [4.69, 9.17) is 15.2 Å². The molecule has 0 aromatic carbocycles. The molecule has 0 atom stereocenters. The van der Waals surface area contributed by atoms with Gasteiger partial charge < -0.3 is 20.5 Å². The molecule has 6 nitrogen and oxygen atoms in total. The van der Waals surface area contributed by atoms with Gasteiger partial charge in [0, 0.05) is 43.9 Å². The molecule has 0 aromatic rings. The summed E-state index contributed by atoms with van der Waals surface area (Å²) in [5.41, 5.74) is 5.93. The minimum atomic E-state index is -0.165. The van der Waals surface area contributed by atoms with Crippen molar-refractivity contribution in [2.24, 2.45) is 5.73 Å². The second-order valence-electron chi connectivity index (χ2n) is 7.16. The number of rotatable bonds is 11. The number of hydrogen-bond acceptors (Lipinski definition) is 6. The molecule has 0 radical (unpaired) electrons. The molecule has 126 valence electrons. The van der Waals surface area contributed by atoms with E-state index in [1.54, 1.807) is 0 Å². The molecule has 1 aliphatic heterocycles. The average Bonchev–Trinajstić information content (AvgIpc) is 2.70. The van der Waals surface area contributed by atoms with Gasteiger partial charge in [-0.3, -0.25) is 10.2 Å². The van der Waals surface area contributed by atoms with Crippen molar-refractivity contribution in [2.75, 3.05) is 59.3 Å². The second-order valence-corrected chi connectivity index (χ2v) is 7.16. The van der Waals surface area contributed by atoms with Crippen LogP contribution in [0.4, 0.5) is 0 Å². The van der Waals surface area contributed by atoms with E-state index in [0.29, 0.717) is 19.8 Å². The number of nitrogens with two attached hydrogens (primary N) is 1. The molecule has 0 amide bonds. The molecule has 0 bridgehead atoms. The number of ether oxygens (including phenoxy) is 2. The van der Waals surface area contributed by atoms with Crippen LogP contribution in [-0.2, 0) is 9.47 Å². The standard InChI is InChI=1S/C15H34N4O2/c1-14(2,16)11-17-5-7-20-9-10-21-8-6-19-12-15(3,4)18-13-19/h17-18H,5-13,16H2,1-4H3. The molecular formula is C15H34N4O2. The summed E-state index contributed by atoms with van der Waals surface area (Å²) >= 11 is 0. The Bertz CT molecular complexity index is 279. The van der Waals surface area contributed by atoms with Crippen molar-refractivity contribution in [1.82, 2.24) is 15.5 Å². The first-order chi connectivity index (χ1) is 9.79. The summed E-state index contributed by atoms with van der Waals surface area (Å²) in [6.07, 6.45) is 0. The maximum absolute atomic E-state index is 5.87. The summed E-state index contributed by atoms with van der Waals surface area (Å²) in [4.78, 5) is 2.37. The Morgan fingerprint density at radius 2 is 1.86 bits per heavy atom. The van der Waals surface area contributed by atoms with Gasteiger partial charge in [0.15, 0.2) is 0 Å². The van der Waals surface area contributed by atoms with E-state index >= 15 is 0 Å². The van der Waals surface area contributed by atoms with E-state index < -0.39 is 0 Å². The fourth-order valence-corrected chi connectivity index (χ4v) is 2.23. The Balaban J connectivity index is 1.81. The van der Waals surface area contributed by atoms with Crippen LogP contribution in [-0.4, -0.2) is 75.3 Å². The highest BCUT2D eigenvalue weighted by Gasteiger charge is 2.27. The van der Waals surface area contributed by atoms with Crippen LogP contribution in [0.3, 0.4) is 0 Å². The molecule has 0 aliphatic carbocycles. The van der Waals surface area contributed by atoms with Crippen molar-refractivity contribution < 1.29 is 9.47 Å². The Morgan fingerprint density at radius 1 is 1.19 bits per heavy atom. The van der Waals surface area contributed by atoms with Crippen molar-refractivity contribution in [2.45, 2.75) is 38.8 Å². The highest BCUT2D eigenvalue weighted by molar-refractivity contribution is 4.87. The lowest BCUT2D eigenvalue weighted by Crippen LogP contribution is -2.43. The van der Waals surface area contributed by atoms with E-state index in [-0.39, 0.29) is 11.1 Å². The average molecular weight is 302 g/mol. The van der Waals surface area contributed by atoms with E-state index in [1.807, 2.05) is 13.8 Å². The van der Waals surface area contributed by atoms with E-state index in [9.17, 15) is 0 Å². The van der Waals surface area contributed by atoms with Crippen molar-refractivity contribution in [3.05, 3.63) is 0 Å². The molecule has 4 N–H and O–H groups in total. The summed E-state index contributed by atoms with van der Waals surface area (Å²) < 4.78 is 11.1. The first-order valence-electron chi connectivity index (χ1n) is 7.91. The van der Waals surface area contributed by atoms with Gasteiger partial charge in [-0.1, -0.05) is 0 Å². The lowest BCUT2D eigenvalue weighted by Gasteiger charge is -2.19. The molecule has 0 aromatic heterocycles. The summed E-state index contributed by atoms with van der Waals surface area (Å²) in [6.45, 7) is 15.9. The van der Waals surface area contributed by atoms with Gasteiger partial charge >= 0.3 is 0 Å². The van der Waals surface area contributed by atoms with Crippen molar-refractivity contribution in [3.8, 4) is 0 Å². The highest BCUT2D eigenvalue weighted by atomic mass is 16.5. The Labute approximate surface area is 129 Å². The summed E-state index contributed by atoms with van der Waals surface area (Å²) in [5.74, 6) is 0. The van der Waals surface area contributed by atoms with Gasteiger partial charge in [-0.2, -0.15) is 0 Å². The normalized spacial score (nSPS) is 19.3. The number of nitrogens with zero attached hydrogens (tertiary/aromatic N) is 1. The molecule has 0 saturated carbocycles. The third kappa shape index (κ3) is 10.2. The fourth-order valence-electron chi connectivity index (χ4n) is 2.23. The van der Waals surface area contributed by atoms with E-state index in [2.05, 4.69) is 29.4 Å². The van der Waals surface area contributed by atoms with Crippen LogP contribution in [0.25, 0.3) is 0 Å². The fraction of sp³-hybridized carbons (Fsp3) is 1.00. The van der Waals surface area contributed by atoms with Crippen LogP contribution in [0.2, 0.25) is 0 Å². The Kier molecular flexibility index (Phi) is 8.08. The third-order valence-corrected chi connectivity index (χ3v) is 3.33. The molecule has 0 spiro atoms. The zero-order valence-electron chi connectivity index (χ0n) is 14.2. The first kappa shape index (κ1) is 18.8. The van der Waals surface area contributed by atoms with Gasteiger partial charge in [0.05, 0.1) is 26.4 Å². The summed E-state index contributed by atoms with van der Waals surface area (Å²) in [6, 6.07) is 0. The van der Waals surface area contributed by atoms with Gasteiger partial charge in [-0.25, -0.2) is 0 Å². The molecule has 1 rings (SSSR count). The molecule has 1 fully saturated rings. The number of hydrogen-bond donors (Lipinski definition) is 3. The molecule has 1 heterocycles. The van der Waals surface area contributed by atoms with Gasteiger partial charge in [-0.05, 0) is 27.7 Å². The SMILES string of the molecule is CC(C)(N)CNCCOCCOCCN1CNC(C)(C)C1. The smallest absolute Gasteiger partial charge is 0.0701 e. The van der Waals surface area contributed by atoms with Crippen LogP contribution < -0.4 is 16.4 Å². The molecule has 21 heavy (non-hydrogen) atoms. The molecule has 6 heteroatoms. The maximum Gasteiger partial charge on any atom is 0.0701 e. The molecule has 0 unspecified atom stereocenters. The molecule has 1 saturated heterocycles. The van der Waals surface area contributed by atoms with E-state index in [0.717, 1.165) is 39.5 Å². The van der Waals surface area contributed by atoms with Gasteiger partial charge in [-0.15, -0.1) is 0 Å². The largest absolute Gasteiger partial charge is 0.378 e. The van der Waals surface area contributed by atoms with Gasteiger partial charge in [0.2, 0.25) is 0 Å². The zero-order chi connectivity index (χ0) is 15.8. The highest BCUT2D eigenvalue weighted by Crippen LogP contribution is 2.11. The third-order valence-electron chi connectivity index (χ3n) is 3.33. The zero-order valence-corrected chi connectivity index (χ0v) is 14.2. The van der Waals surface area contributed by atoms with Crippen LogP contribution in [0, 0.1) is 0 Å². The monoisotopic (exact) mass is 302 g/mol. The Hall–Kier alpha value is -0.240. The topological polar surface area (TPSA) is 71.8 Å². The molecule has 1 aliphatic rings. The predicted molar refractivity (Wildman–Crippen MR) is 86.4 cm³/mol.